The van der Waals surface area contributed by atoms with Gasteiger partial charge in [-0.15, -0.1) is 0 Å². The fraction of sp³-hybridized carbons (Fsp3) is 0.417. The van der Waals surface area contributed by atoms with Crippen molar-refractivity contribution in [3.63, 3.8) is 0 Å². The first-order valence-electron chi connectivity index (χ1n) is 10.5. The van der Waals surface area contributed by atoms with Crippen LogP contribution in [0.2, 0.25) is 0 Å². The number of aliphatic hydroxyl groups excluding tert-OH is 1. The van der Waals surface area contributed by atoms with Crippen LogP contribution in [-0.4, -0.2) is 64.2 Å². The molecular weight excluding hydrogens is 378 g/mol. The molecule has 2 heterocycles. The third-order valence-electron chi connectivity index (χ3n) is 6.23. The standard InChI is InChI=1S/C24H29N3O3/c1-17(2)25-23(30)27-20(14-28)22(19-11-7-4-8-12-19)24(27)15-26(16-24)21(29)13-18-9-5-3-6-10-18/h3-12,17,20,22,28H,13-16H2,1-2H3,(H,25,30)/t20-,22+/m1/s1. The molecule has 2 fully saturated rings. The maximum Gasteiger partial charge on any atom is 0.318 e. The Morgan fingerprint density at radius 2 is 1.67 bits per heavy atom. The lowest BCUT2D eigenvalue weighted by Crippen LogP contribution is -2.86. The summed E-state index contributed by atoms with van der Waals surface area (Å²) in [7, 11) is 0. The number of hydrogen-bond acceptors (Lipinski definition) is 3. The Hall–Kier alpha value is -2.86. The van der Waals surface area contributed by atoms with Gasteiger partial charge in [-0.25, -0.2) is 4.79 Å². The third-order valence-corrected chi connectivity index (χ3v) is 6.23. The molecular formula is C24H29N3O3. The molecule has 0 aromatic heterocycles. The predicted octanol–water partition coefficient (Wildman–Crippen LogP) is 2.39. The molecule has 0 aliphatic carbocycles. The fourth-order valence-electron chi connectivity index (χ4n) is 4.98. The molecule has 2 N–H and O–H groups in total. The van der Waals surface area contributed by atoms with Gasteiger partial charge in [-0.2, -0.15) is 0 Å². The van der Waals surface area contributed by atoms with Crippen molar-refractivity contribution in [2.75, 3.05) is 19.7 Å². The van der Waals surface area contributed by atoms with Crippen LogP contribution in [0, 0.1) is 0 Å². The quantitative estimate of drug-likeness (QED) is 0.799. The zero-order chi connectivity index (χ0) is 21.3. The van der Waals surface area contributed by atoms with Crippen molar-refractivity contribution >= 4 is 11.9 Å². The lowest BCUT2D eigenvalue weighted by Gasteiger charge is -2.70. The number of aliphatic hydroxyl groups is 1. The van der Waals surface area contributed by atoms with E-state index >= 15 is 0 Å². The molecule has 158 valence electrons. The van der Waals surface area contributed by atoms with Crippen LogP contribution in [0.25, 0.3) is 0 Å². The largest absolute Gasteiger partial charge is 0.394 e. The Morgan fingerprint density at radius 3 is 2.23 bits per heavy atom. The molecule has 2 atom stereocenters. The van der Waals surface area contributed by atoms with E-state index in [1.165, 1.54) is 0 Å². The van der Waals surface area contributed by atoms with Crippen LogP contribution in [0.1, 0.15) is 30.9 Å². The Morgan fingerprint density at radius 1 is 1.07 bits per heavy atom. The van der Waals surface area contributed by atoms with Crippen LogP contribution in [0.4, 0.5) is 4.79 Å². The zero-order valence-electron chi connectivity index (χ0n) is 17.5. The smallest absolute Gasteiger partial charge is 0.318 e. The number of benzene rings is 2. The monoisotopic (exact) mass is 407 g/mol. The van der Waals surface area contributed by atoms with Crippen LogP contribution < -0.4 is 5.32 Å². The van der Waals surface area contributed by atoms with Gasteiger partial charge in [0.2, 0.25) is 5.91 Å². The van der Waals surface area contributed by atoms with E-state index in [4.69, 9.17) is 0 Å². The summed E-state index contributed by atoms with van der Waals surface area (Å²) in [6.07, 6.45) is 0.356. The first kappa shape index (κ1) is 20.4. The predicted molar refractivity (Wildman–Crippen MR) is 115 cm³/mol. The number of urea groups is 1. The summed E-state index contributed by atoms with van der Waals surface area (Å²) in [6, 6.07) is 19.2. The summed E-state index contributed by atoms with van der Waals surface area (Å²) in [4.78, 5) is 29.4. The molecule has 2 aromatic rings. The average Bonchev–Trinajstić information content (AvgIpc) is 2.67. The zero-order valence-corrected chi connectivity index (χ0v) is 17.5. The number of nitrogens with zero attached hydrogens (tertiary/aromatic N) is 2. The van der Waals surface area contributed by atoms with E-state index in [2.05, 4.69) is 5.32 Å². The molecule has 2 aromatic carbocycles. The first-order chi connectivity index (χ1) is 14.5. The highest BCUT2D eigenvalue weighted by Gasteiger charge is 2.68. The van der Waals surface area contributed by atoms with Crippen LogP contribution in [-0.2, 0) is 11.2 Å². The van der Waals surface area contributed by atoms with Crippen molar-refractivity contribution < 1.29 is 14.7 Å². The molecule has 0 bridgehead atoms. The van der Waals surface area contributed by atoms with E-state index in [0.29, 0.717) is 19.5 Å². The molecule has 0 radical (unpaired) electrons. The second kappa shape index (κ2) is 8.11. The van der Waals surface area contributed by atoms with E-state index < -0.39 is 5.54 Å². The Labute approximate surface area is 177 Å². The van der Waals surface area contributed by atoms with Crippen molar-refractivity contribution in [2.24, 2.45) is 0 Å². The lowest BCUT2D eigenvalue weighted by molar-refractivity contribution is -0.176. The normalized spacial score (nSPS) is 21.9. The van der Waals surface area contributed by atoms with Crippen LogP contribution in [0.5, 0.6) is 0 Å². The van der Waals surface area contributed by atoms with Gasteiger partial charge in [-0.3, -0.25) is 4.79 Å². The second-order valence-corrected chi connectivity index (χ2v) is 8.63. The van der Waals surface area contributed by atoms with Gasteiger partial charge in [0.1, 0.15) is 0 Å². The van der Waals surface area contributed by atoms with Gasteiger partial charge in [0.25, 0.3) is 0 Å². The third kappa shape index (κ3) is 3.45. The maximum atomic E-state index is 13.0. The molecule has 30 heavy (non-hydrogen) atoms. The summed E-state index contributed by atoms with van der Waals surface area (Å²) in [5, 5.41) is 13.1. The van der Waals surface area contributed by atoms with Gasteiger partial charge in [0.15, 0.2) is 0 Å². The minimum Gasteiger partial charge on any atom is -0.394 e. The highest BCUT2D eigenvalue weighted by atomic mass is 16.3. The van der Waals surface area contributed by atoms with Gasteiger partial charge < -0.3 is 20.2 Å². The number of likely N-dealkylation sites (tertiary alicyclic amines) is 2. The van der Waals surface area contributed by atoms with Crippen molar-refractivity contribution in [3.05, 3.63) is 71.8 Å². The van der Waals surface area contributed by atoms with Crippen LogP contribution in [0.3, 0.4) is 0 Å². The van der Waals surface area contributed by atoms with Crippen molar-refractivity contribution in [3.8, 4) is 0 Å². The molecule has 6 heteroatoms. The molecule has 6 nitrogen and oxygen atoms in total. The highest BCUT2D eigenvalue weighted by molar-refractivity contribution is 5.83. The average molecular weight is 408 g/mol. The van der Waals surface area contributed by atoms with Gasteiger partial charge in [-0.1, -0.05) is 60.7 Å². The summed E-state index contributed by atoms with van der Waals surface area (Å²) in [5.41, 5.74) is 1.61. The summed E-state index contributed by atoms with van der Waals surface area (Å²) < 4.78 is 0. The number of carbonyl (C=O) groups excluding carboxylic acids is 2. The lowest BCUT2D eigenvalue weighted by atomic mass is 9.61. The van der Waals surface area contributed by atoms with Crippen molar-refractivity contribution in [1.29, 1.82) is 0 Å². The van der Waals surface area contributed by atoms with Crippen LogP contribution >= 0.6 is 0 Å². The van der Waals surface area contributed by atoms with Gasteiger partial charge in [0, 0.05) is 25.0 Å². The minimum atomic E-state index is -0.472. The summed E-state index contributed by atoms with van der Waals surface area (Å²) >= 11 is 0. The van der Waals surface area contributed by atoms with E-state index in [1.807, 2.05) is 79.4 Å². The molecule has 0 saturated carbocycles. The number of rotatable bonds is 5. The van der Waals surface area contributed by atoms with Crippen molar-refractivity contribution in [1.82, 2.24) is 15.1 Å². The topological polar surface area (TPSA) is 72.9 Å². The van der Waals surface area contributed by atoms with Gasteiger partial charge in [-0.05, 0) is 25.0 Å². The van der Waals surface area contributed by atoms with E-state index in [9.17, 15) is 14.7 Å². The molecule has 0 unspecified atom stereocenters. The molecule has 2 saturated heterocycles. The van der Waals surface area contributed by atoms with E-state index in [-0.39, 0.29) is 36.5 Å². The highest BCUT2D eigenvalue weighted by Crippen LogP contribution is 2.53. The fourth-order valence-corrected chi connectivity index (χ4v) is 4.98. The maximum absolute atomic E-state index is 13.0. The summed E-state index contributed by atoms with van der Waals surface area (Å²) in [5.74, 6) is 0.0673. The van der Waals surface area contributed by atoms with Crippen LogP contribution in [0.15, 0.2) is 60.7 Å². The molecule has 2 aliphatic rings. The molecule has 4 rings (SSSR count). The van der Waals surface area contributed by atoms with E-state index in [1.54, 1.807) is 4.90 Å². The molecule has 1 spiro atoms. The molecule has 3 amide bonds. The Kier molecular flexibility index (Phi) is 5.52. The summed E-state index contributed by atoms with van der Waals surface area (Å²) in [6.45, 7) is 4.71. The molecule has 2 aliphatic heterocycles. The minimum absolute atomic E-state index is 0.000519. The number of amides is 3. The SMILES string of the molecule is CC(C)NC(=O)N1[C@H](CO)[C@H](c2ccccc2)C12CN(C(=O)Cc1ccccc1)C2. The van der Waals surface area contributed by atoms with Crippen molar-refractivity contribution in [2.45, 2.75) is 43.8 Å². The first-order valence-corrected chi connectivity index (χ1v) is 10.5. The number of carbonyl (C=O) groups is 2. The number of nitrogens with one attached hydrogen (secondary N) is 1. The van der Waals surface area contributed by atoms with E-state index in [0.717, 1.165) is 11.1 Å². The van der Waals surface area contributed by atoms with Gasteiger partial charge in [0.05, 0.1) is 24.6 Å². The Balaban J connectivity index is 1.56. The van der Waals surface area contributed by atoms with Gasteiger partial charge >= 0.3 is 6.03 Å². The number of hydrogen-bond donors (Lipinski definition) is 2. The second-order valence-electron chi connectivity index (χ2n) is 8.63. The Bertz CT molecular complexity index is 894.